The van der Waals surface area contributed by atoms with E-state index in [0.29, 0.717) is 12.3 Å². The molecule has 100 valence electrons. The molecule has 1 amide bonds. The van der Waals surface area contributed by atoms with Crippen LogP contribution < -0.4 is 5.32 Å². The van der Waals surface area contributed by atoms with E-state index in [4.69, 9.17) is 5.11 Å². The zero-order valence-corrected chi connectivity index (χ0v) is 11.3. The Morgan fingerprint density at radius 2 is 2.18 bits per heavy atom. The summed E-state index contributed by atoms with van der Waals surface area (Å²) in [6.07, 6.45) is 2.44. The van der Waals surface area contributed by atoms with Crippen LogP contribution in [0, 0.1) is 5.92 Å². The van der Waals surface area contributed by atoms with E-state index in [9.17, 15) is 4.79 Å². The van der Waals surface area contributed by atoms with Gasteiger partial charge in [0.1, 0.15) is 0 Å². The van der Waals surface area contributed by atoms with Gasteiger partial charge in [-0.25, -0.2) is 0 Å². The Bertz CT molecular complexity index is 248. The highest BCUT2D eigenvalue weighted by atomic mass is 16.3. The summed E-state index contributed by atoms with van der Waals surface area (Å²) in [4.78, 5) is 13.8. The van der Waals surface area contributed by atoms with Crippen LogP contribution in [0.1, 0.15) is 40.0 Å². The fourth-order valence-corrected chi connectivity index (χ4v) is 2.18. The Balaban J connectivity index is 2.21. The third-order valence-corrected chi connectivity index (χ3v) is 3.17. The fraction of sp³-hybridized carbons (Fsp3) is 0.923. The van der Waals surface area contributed by atoms with Gasteiger partial charge in [0.15, 0.2) is 0 Å². The van der Waals surface area contributed by atoms with Gasteiger partial charge in [0.05, 0.1) is 0 Å². The first-order valence-electron chi connectivity index (χ1n) is 6.56. The molecule has 4 nitrogen and oxygen atoms in total. The van der Waals surface area contributed by atoms with Gasteiger partial charge in [-0.3, -0.25) is 4.79 Å². The van der Waals surface area contributed by atoms with Crippen molar-refractivity contribution >= 4 is 5.91 Å². The highest BCUT2D eigenvalue weighted by Crippen LogP contribution is 2.19. The van der Waals surface area contributed by atoms with Gasteiger partial charge < -0.3 is 15.3 Å². The lowest BCUT2D eigenvalue weighted by Crippen LogP contribution is -2.39. The first kappa shape index (κ1) is 14.5. The standard InChI is InChI=1S/C13H26N2O2/c1-13(2,3)14-7-4-12(17)15-8-5-11(10-15)6-9-16/h11,14,16H,4-10H2,1-3H3. The van der Waals surface area contributed by atoms with Crippen molar-refractivity contribution in [1.29, 1.82) is 0 Å². The predicted octanol–water partition coefficient (Wildman–Crippen LogP) is 0.995. The molecule has 2 N–H and O–H groups in total. The molecule has 0 spiro atoms. The summed E-state index contributed by atoms with van der Waals surface area (Å²) in [7, 11) is 0. The summed E-state index contributed by atoms with van der Waals surface area (Å²) in [6.45, 7) is 8.97. The average Bonchev–Trinajstić information content (AvgIpc) is 2.65. The maximum Gasteiger partial charge on any atom is 0.223 e. The average molecular weight is 242 g/mol. The van der Waals surface area contributed by atoms with Crippen molar-refractivity contribution in [2.45, 2.75) is 45.6 Å². The van der Waals surface area contributed by atoms with Crippen molar-refractivity contribution < 1.29 is 9.90 Å². The maximum absolute atomic E-state index is 11.9. The minimum Gasteiger partial charge on any atom is -0.396 e. The highest BCUT2D eigenvalue weighted by molar-refractivity contribution is 5.76. The molecular formula is C13H26N2O2. The van der Waals surface area contributed by atoms with Crippen molar-refractivity contribution in [3.63, 3.8) is 0 Å². The maximum atomic E-state index is 11.9. The molecular weight excluding hydrogens is 216 g/mol. The molecule has 0 bridgehead atoms. The molecule has 1 heterocycles. The largest absolute Gasteiger partial charge is 0.396 e. The summed E-state index contributed by atoms with van der Waals surface area (Å²) in [5.74, 6) is 0.738. The minimum absolute atomic E-state index is 0.0741. The van der Waals surface area contributed by atoms with Crippen molar-refractivity contribution in [1.82, 2.24) is 10.2 Å². The van der Waals surface area contributed by atoms with Crippen molar-refractivity contribution in [3.8, 4) is 0 Å². The van der Waals surface area contributed by atoms with Gasteiger partial charge in [-0.15, -0.1) is 0 Å². The number of nitrogens with one attached hydrogen (secondary N) is 1. The zero-order valence-electron chi connectivity index (χ0n) is 11.3. The van der Waals surface area contributed by atoms with Crippen LogP contribution in [-0.4, -0.2) is 47.7 Å². The van der Waals surface area contributed by atoms with Crippen LogP contribution in [0.4, 0.5) is 0 Å². The van der Waals surface area contributed by atoms with Gasteiger partial charge in [-0.1, -0.05) is 0 Å². The summed E-state index contributed by atoms with van der Waals surface area (Å²) >= 11 is 0. The first-order valence-corrected chi connectivity index (χ1v) is 6.56. The molecule has 1 atom stereocenters. The molecule has 0 saturated carbocycles. The van der Waals surface area contributed by atoms with Crippen molar-refractivity contribution in [3.05, 3.63) is 0 Å². The molecule has 0 aromatic rings. The molecule has 1 aliphatic heterocycles. The van der Waals surface area contributed by atoms with Gasteiger partial charge in [0, 0.05) is 38.2 Å². The first-order chi connectivity index (χ1) is 7.92. The second-order valence-electron chi connectivity index (χ2n) is 5.93. The van der Waals surface area contributed by atoms with E-state index < -0.39 is 0 Å². The van der Waals surface area contributed by atoms with E-state index in [2.05, 4.69) is 26.1 Å². The van der Waals surface area contributed by atoms with Crippen LogP contribution in [-0.2, 0) is 4.79 Å². The summed E-state index contributed by atoms with van der Waals surface area (Å²) in [5, 5.41) is 12.2. The number of aliphatic hydroxyl groups is 1. The van der Waals surface area contributed by atoms with Gasteiger partial charge in [0.25, 0.3) is 0 Å². The Morgan fingerprint density at radius 1 is 1.47 bits per heavy atom. The van der Waals surface area contributed by atoms with Gasteiger partial charge in [-0.2, -0.15) is 0 Å². The van der Waals surface area contributed by atoms with E-state index in [1.54, 1.807) is 0 Å². The van der Waals surface area contributed by atoms with E-state index in [-0.39, 0.29) is 18.1 Å². The number of rotatable bonds is 5. The van der Waals surface area contributed by atoms with Gasteiger partial charge in [-0.05, 0) is 39.5 Å². The monoisotopic (exact) mass is 242 g/mol. The number of carbonyl (C=O) groups is 1. The third-order valence-electron chi connectivity index (χ3n) is 3.17. The van der Waals surface area contributed by atoms with E-state index >= 15 is 0 Å². The van der Waals surface area contributed by atoms with Crippen molar-refractivity contribution in [2.24, 2.45) is 5.92 Å². The van der Waals surface area contributed by atoms with Crippen LogP contribution in [0.5, 0.6) is 0 Å². The molecule has 1 fully saturated rings. The lowest BCUT2D eigenvalue weighted by atomic mass is 10.1. The molecule has 1 rings (SSSR count). The third kappa shape index (κ3) is 5.50. The number of aliphatic hydroxyl groups excluding tert-OH is 1. The van der Waals surface area contributed by atoms with E-state index in [1.165, 1.54) is 0 Å². The highest BCUT2D eigenvalue weighted by Gasteiger charge is 2.25. The summed E-state index contributed by atoms with van der Waals surface area (Å²) in [5.41, 5.74) is 0.0741. The van der Waals surface area contributed by atoms with Crippen LogP contribution in [0.3, 0.4) is 0 Å². The topological polar surface area (TPSA) is 52.6 Å². The fourth-order valence-electron chi connectivity index (χ4n) is 2.18. The second-order valence-corrected chi connectivity index (χ2v) is 5.93. The van der Waals surface area contributed by atoms with Crippen LogP contribution in [0.2, 0.25) is 0 Å². The van der Waals surface area contributed by atoms with Crippen LogP contribution in [0.15, 0.2) is 0 Å². The van der Waals surface area contributed by atoms with Gasteiger partial charge in [0.2, 0.25) is 5.91 Å². The Morgan fingerprint density at radius 3 is 2.76 bits per heavy atom. The quantitative estimate of drug-likeness (QED) is 0.756. The molecule has 0 aromatic carbocycles. The Hall–Kier alpha value is -0.610. The molecule has 1 aliphatic rings. The SMILES string of the molecule is CC(C)(C)NCCC(=O)N1CCC(CCO)C1. The van der Waals surface area contributed by atoms with Crippen molar-refractivity contribution in [2.75, 3.05) is 26.2 Å². The number of likely N-dealkylation sites (tertiary alicyclic amines) is 1. The summed E-state index contributed by atoms with van der Waals surface area (Å²) < 4.78 is 0. The van der Waals surface area contributed by atoms with Crippen LogP contribution >= 0.6 is 0 Å². The normalized spacial score (nSPS) is 20.9. The lowest BCUT2D eigenvalue weighted by molar-refractivity contribution is -0.130. The number of hydrogen-bond acceptors (Lipinski definition) is 3. The molecule has 1 unspecified atom stereocenters. The number of hydrogen-bond donors (Lipinski definition) is 2. The van der Waals surface area contributed by atoms with Gasteiger partial charge >= 0.3 is 0 Å². The predicted molar refractivity (Wildman–Crippen MR) is 68.8 cm³/mol. The van der Waals surface area contributed by atoms with Crippen LogP contribution in [0.25, 0.3) is 0 Å². The molecule has 1 saturated heterocycles. The Kier molecular flexibility index (Phi) is 5.40. The smallest absolute Gasteiger partial charge is 0.223 e. The number of carbonyl (C=O) groups excluding carboxylic acids is 1. The molecule has 4 heteroatoms. The summed E-state index contributed by atoms with van der Waals surface area (Å²) in [6, 6.07) is 0. The molecule has 0 aliphatic carbocycles. The zero-order chi connectivity index (χ0) is 12.9. The molecule has 17 heavy (non-hydrogen) atoms. The molecule has 0 aromatic heterocycles. The number of amides is 1. The molecule has 0 radical (unpaired) electrons. The Labute approximate surface area is 104 Å². The lowest BCUT2D eigenvalue weighted by Gasteiger charge is -2.22. The number of nitrogens with zero attached hydrogens (tertiary/aromatic N) is 1. The van der Waals surface area contributed by atoms with E-state index in [0.717, 1.165) is 32.5 Å². The minimum atomic E-state index is 0.0741. The van der Waals surface area contributed by atoms with E-state index in [1.807, 2.05) is 4.90 Å². The second kappa shape index (κ2) is 6.36.